The second-order valence-corrected chi connectivity index (χ2v) is 9.33. The Hall–Kier alpha value is -1.81. The van der Waals surface area contributed by atoms with Crippen molar-refractivity contribution in [3.8, 4) is 0 Å². The Morgan fingerprint density at radius 2 is 1.87 bits per heavy atom. The number of anilines is 1. The zero-order valence-electron chi connectivity index (χ0n) is 18.4. The van der Waals surface area contributed by atoms with Gasteiger partial charge in [0.1, 0.15) is 5.82 Å². The molecule has 1 aromatic heterocycles. The van der Waals surface area contributed by atoms with Crippen molar-refractivity contribution >= 4 is 11.7 Å². The molecule has 0 spiro atoms. The molecule has 7 nitrogen and oxygen atoms in total. The zero-order chi connectivity index (χ0) is 22.3. The smallest absolute Gasteiger partial charge is 0.373 e. The molecule has 4 atom stereocenters. The molecule has 10 heteroatoms. The van der Waals surface area contributed by atoms with Gasteiger partial charge < -0.3 is 15.0 Å². The molecule has 4 heterocycles. The number of nitrogens with one attached hydrogen (secondary N) is 1. The van der Waals surface area contributed by atoms with E-state index in [0.717, 1.165) is 17.8 Å². The monoisotopic (exact) mass is 443 g/mol. The van der Waals surface area contributed by atoms with E-state index in [1.807, 2.05) is 18.7 Å². The van der Waals surface area contributed by atoms with Crippen molar-refractivity contribution in [2.75, 3.05) is 38.0 Å². The second kappa shape index (κ2) is 8.61. The standard InChI is InChI=1S/C21H32F3N5O2/c1-13-8-19-25-17(9-18(21(22,23)24)29(19)26-13)16-4-6-28(7-5-16)20(30)12-27-10-14(2)31-15(3)11-27/h8,14-18,25H,4-7,9-12H2,1-3H3/t14?,15?,17-,18+/m0/s1. The van der Waals surface area contributed by atoms with Crippen LogP contribution in [0, 0.1) is 12.8 Å². The van der Waals surface area contributed by atoms with Crippen molar-refractivity contribution in [2.24, 2.45) is 5.92 Å². The van der Waals surface area contributed by atoms with Gasteiger partial charge in [-0.05, 0) is 46.0 Å². The Kier molecular flexibility index (Phi) is 6.22. The number of likely N-dealkylation sites (tertiary alicyclic amines) is 1. The molecule has 3 aliphatic rings. The van der Waals surface area contributed by atoms with Crippen LogP contribution in [0.3, 0.4) is 0 Å². The maximum Gasteiger partial charge on any atom is 0.410 e. The number of aromatic nitrogens is 2. The summed E-state index contributed by atoms with van der Waals surface area (Å²) >= 11 is 0. The average Bonchev–Trinajstić information content (AvgIpc) is 3.05. The molecule has 1 N–H and O–H groups in total. The van der Waals surface area contributed by atoms with E-state index in [1.165, 1.54) is 0 Å². The van der Waals surface area contributed by atoms with Gasteiger partial charge in [-0.25, -0.2) is 4.68 Å². The molecule has 1 amide bonds. The summed E-state index contributed by atoms with van der Waals surface area (Å²) in [6.45, 7) is 8.76. The molecule has 1 aromatic rings. The predicted octanol–water partition coefficient (Wildman–Crippen LogP) is 2.83. The highest BCUT2D eigenvalue weighted by molar-refractivity contribution is 5.78. The van der Waals surface area contributed by atoms with Gasteiger partial charge in [-0.1, -0.05) is 0 Å². The summed E-state index contributed by atoms with van der Waals surface area (Å²) < 4.78 is 47.8. The second-order valence-electron chi connectivity index (χ2n) is 9.33. The van der Waals surface area contributed by atoms with Crippen LogP contribution < -0.4 is 5.32 Å². The van der Waals surface area contributed by atoms with Crippen LogP contribution in [0.15, 0.2) is 6.07 Å². The lowest BCUT2D eigenvalue weighted by Gasteiger charge is -2.41. The van der Waals surface area contributed by atoms with Gasteiger partial charge in [0.15, 0.2) is 6.04 Å². The van der Waals surface area contributed by atoms with Gasteiger partial charge in [0.2, 0.25) is 5.91 Å². The van der Waals surface area contributed by atoms with E-state index >= 15 is 0 Å². The molecule has 2 fully saturated rings. The Labute approximate surface area is 180 Å². The lowest BCUT2D eigenvalue weighted by atomic mass is 9.84. The third kappa shape index (κ3) is 5.00. The van der Waals surface area contributed by atoms with Crippen LogP contribution >= 0.6 is 0 Å². The SMILES string of the molecule is Cc1cc2n(n1)[C@@H](C(F)(F)F)C[C@@H](C1CCN(C(=O)CN3CC(C)OC(C)C3)CC1)N2. The van der Waals surface area contributed by atoms with Crippen molar-refractivity contribution in [1.82, 2.24) is 19.6 Å². The predicted molar refractivity (Wildman–Crippen MR) is 110 cm³/mol. The van der Waals surface area contributed by atoms with Crippen LogP contribution in [0.25, 0.3) is 0 Å². The van der Waals surface area contributed by atoms with Crippen molar-refractivity contribution in [1.29, 1.82) is 0 Å². The summed E-state index contributed by atoms with van der Waals surface area (Å²) in [5.74, 6) is 0.629. The number of piperidine rings is 1. The molecular formula is C21H32F3N5O2. The molecule has 0 aliphatic carbocycles. The van der Waals surface area contributed by atoms with Crippen LogP contribution in [0.1, 0.15) is 44.8 Å². The van der Waals surface area contributed by atoms with E-state index in [1.54, 1.807) is 13.0 Å². The molecule has 2 saturated heterocycles. The van der Waals surface area contributed by atoms with E-state index in [4.69, 9.17) is 4.74 Å². The third-order valence-electron chi connectivity index (χ3n) is 6.66. The lowest BCUT2D eigenvalue weighted by molar-refractivity contribution is -0.174. The van der Waals surface area contributed by atoms with E-state index < -0.39 is 12.2 Å². The maximum atomic E-state index is 13.7. The van der Waals surface area contributed by atoms with Crippen molar-refractivity contribution in [2.45, 2.75) is 70.5 Å². The summed E-state index contributed by atoms with van der Waals surface area (Å²) in [7, 11) is 0. The van der Waals surface area contributed by atoms with Crippen LogP contribution in [-0.2, 0) is 9.53 Å². The van der Waals surface area contributed by atoms with E-state index in [9.17, 15) is 18.0 Å². The normalized spacial score (nSPS) is 30.7. The third-order valence-corrected chi connectivity index (χ3v) is 6.66. The van der Waals surface area contributed by atoms with Gasteiger partial charge in [-0.2, -0.15) is 18.3 Å². The molecule has 3 aliphatic heterocycles. The quantitative estimate of drug-likeness (QED) is 0.779. The fourth-order valence-corrected chi connectivity index (χ4v) is 5.29. The summed E-state index contributed by atoms with van der Waals surface area (Å²) in [4.78, 5) is 16.8. The number of ether oxygens (including phenoxy) is 1. The first-order valence-corrected chi connectivity index (χ1v) is 11.1. The maximum absolute atomic E-state index is 13.7. The number of alkyl halides is 3. The summed E-state index contributed by atoms with van der Waals surface area (Å²) in [5.41, 5.74) is 0.574. The average molecular weight is 444 g/mol. The molecule has 0 radical (unpaired) electrons. The Morgan fingerprint density at radius 3 is 2.48 bits per heavy atom. The lowest BCUT2D eigenvalue weighted by Crippen LogP contribution is -2.52. The number of hydrogen-bond donors (Lipinski definition) is 1. The Morgan fingerprint density at radius 1 is 1.23 bits per heavy atom. The molecule has 0 saturated carbocycles. The Bertz CT molecular complexity index is 780. The van der Waals surface area contributed by atoms with Gasteiger partial charge >= 0.3 is 6.18 Å². The van der Waals surface area contributed by atoms with E-state index in [2.05, 4.69) is 15.3 Å². The van der Waals surface area contributed by atoms with Gasteiger partial charge in [0.25, 0.3) is 0 Å². The number of carbonyl (C=O) groups is 1. The fraction of sp³-hybridized carbons (Fsp3) is 0.810. The first kappa shape index (κ1) is 22.4. The number of aryl methyl sites for hydroxylation is 1. The van der Waals surface area contributed by atoms with Gasteiger partial charge in [-0.3, -0.25) is 9.69 Å². The van der Waals surface area contributed by atoms with E-state index in [0.29, 0.717) is 44.0 Å². The van der Waals surface area contributed by atoms with Crippen LogP contribution in [-0.4, -0.2) is 82.6 Å². The molecule has 174 valence electrons. The molecule has 31 heavy (non-hydrogen) atoms. The molecule has 4 rings (SSSR count). The number of hydrogen-bond acceptors (Lipinski definition) is 5. The number of amides is 1. The van der Waals surface area contributed by atoms with Crippen LogP contribution in [0.5, 0.6) is 0 Å². The topological polar surface area (TPSA) is 62.6 Å². The highest BCUT2D eigenvalue weighted by Crippen LogP contribution is 2.42. The van der Waals surface area contributed by atoms with Crippen molar-refractivity contribution in [3.05, 3.63) is 11.8 Å². The minimum atomic E-state index is -4.34. The van der Waals surface area contributed by atoms with E-state index in [-0.39, 0.29) is 36.5 Å². The largest absolute Gasteiger partial charge is 0.410 e. The van der Waals surface area contributed by atoms with Crippen molar-refractivity contribution in [3.63, 3.8) is 0 Å². The number of carbonyl (C=O) groups excluding carboxylic acids is 1. The fourth-order valence-electron chi connectivity index (χ4n) is 5.29. The van der Waals surface area contributed by atoms with Crippen molar-refractivity contribution < 1.29 is 22.7 Å². The Balaban J connectivity index is 1.34. The van der Waals surface area contributed by atoms with Gasteiger partial charge in [0.05, 0.1) is 24.4 Å². The first-order valence-electron chi connectivity index (χ1n) is 11.1. The number of fused-ring (bicyclic) bond motifs is 1. The number of nitrogens with zero attached hydrogens (tertiary/aromatic N) is 4. The first-order chi connectivity index (χ1) is 14.6. The summed E-state index contributed by atoms with van der Waals surface area (Å²) in [6.07, 6.45) is -2.73. The number of morpholine rings is 1. The van der Waals surface area contributed by atoms with Gasteiger partial charge in [0, 0.05) is 38.3 Å². The van der Waals surface area contributed by atoms with Gasteiger partial charge in [-0.15, -0.1) is 0 Å². The summed E-state index contributed by atoms with van der Waals surface area (Å²) in [5, 5.41) is 7.33. The van der Waals surface area contributed by atoms with Crippen LogP contribution in [0.4, 0.5) is 19.0 Å². The molecular weight excluding hydrogens is 411 g/mol. The molecule has 0 aromatic carbocycles. The zero-order valence-corrected chi connectivity index (χ0v) is 18.4. The van der Waals surface area contributed by atoms with Crippen LogP contribution in [0.2, 0.25) is 0 Å². The molecule has 0 bridgehead atoms. The number of rotatable bonds is 3. The summed E-state index contributed by atoms with van der Waals surface area (Å²) in [6, 6.07) is -0.200. The highest BCUT2D eigenvalue weighted by Gasteiger charge is 2.47. The minimum absolute atomic E-state index is 0.0280. The highest BCUT2D eigenvalue weighted by atomic mass is 19.4. The molecule has 2 unspecified atom stereocenters. The minimum Gasteiger partial charge on any atom is -0.373 e. The number of halogens is 3.